The van der Waals surface area contributed by atoms with Crippen molar-refractivity contribution in [2.75, 3.05) is 22.1 Å². The van der Waals surface area contributed by atoms with Gasteiger partial charge in [0, 0.05) is 18.2 Å². The third-order valence-electron chi connectivity index (χ3n) is 5.68. The lowest BCUT2D eigenvalue weighted by molar-refractivity contribution is -0.120. The number of nitrogens with zero attached hydrogens (tertiary/aromatic N) is 1. The van der Waals surface area contributed by atoms with Gasteiger partial charge in [0.25, 0.3) is 5.91 Å². The Morgan fingerprint density at radius 2 is 1.66 bits per heavy atom. The molecule has 0 bridgehead atoms. The van der Waals surface area contributed by atoms with Gasteiger partial charge in [-0.05, 0) is 48.9 Å². The van der Waals surface area contributed by atoms with Crippen LogP contribution >= 0.6 is 0 Å². The van der Waals surface area contributed by atoms with E-state index in [1.165, 1.54) is 11.8 Å². The molecule has 0 fully saturated rings. The van der Waals surface area contributed by atoms with E-state index in [1.54, 1.807) is 48.5 Å². The first-order chi connectivity index (χ1) is 16.8. The lowest BCUT2D eigenvalue weighted by Crippen LogP contribution is -2.42. The van der Waals surface area contributed by atoms with Gasteiger partial charge in [-0.2, -0.15) is 0 Å². The van der Waals surface area contributed by atoms with Gasteiger partial charge in [-0.25, -0.2) is 0 Å². The Morgan fingerprint density at radius 3 is 2.34 bits per heavy atom. The Labute approximate surface area is 203 Å². The minimum atomic E-state index is -0.459. The summed E-state index contributed by atoms with van der Waals surface area (Å²) in [4.78, 5) is 50.9. The second-order valence-corrected chi connectivity index (χ2v) is 8.45. The quantitative estimate of drug-likeness (QED) is 0.509. The standard InChI is InChI=1S/C27H26N4O4/c1-17-7-9-19(10-8-17)23(28-18(2)32)15-25(33)29-21-13-11-20(12-14-21)27(35)31-16-26(34)30-22-5-3-4-6-24(22)31/h3-14,23H,15-16H2,1-2H3,(H,28,32)(H,29,33)(H,30,34). The maximum absolute atomic E-state index is 13.1. The molecule has 0 aliphatic carbocycles. The number of aryl methyl sites for hydroxylation is 1. The number of carbonyl (C=O) groups excluding carboxylic acids is 4. The summed E-state index contributed by atoms with van der Waals surface area (Å²) in [7, 11) is 0. The van der Waals surface area contributed by atoms with Crippen LogP contribution in [0.3, 0.4) is 0 Å². The Balaban J connectivity index is 1.44. The molecule has 1 aliphatic heterocycles. The molecular formula is C27H26N4O4. The van der Waals surface area contributed by atoms with E-state index in [2.05, 4.69) is 16.0 Å². The van der Waals surface area contributed by atoms with Gasteiger partial charge in [0.15, 0.2) is 0 Å². The first kappa shape index (κ1) is 23.7. The van der Waals surface area contributed by atoms with Crippen LogP contribution in [0.15, 0.2) is 72.8 Å². The average Bonchev–Trinajstić information content (AvgIpc) is 2.83. The number of hydrogen-bond acceptors (Lipinski definition) is 4. The molecule has 0 saturated carbocycles. The van der Waals surface area contributed by atoms with Gasteiger partial charge >= 0.3 is 0 Å². The number of amides is 4. The second-order valence-electron chi connectivity index (χ2n) is 8.45. The highest BCUT2D eigenvalue weighted by atomic mass is 16.2. The number of carbonyl (C=O) groups is 4. The number of para-hydroxylation sites is 2. The summed E-state index contributed by atoms with van der Waals surface area (Å²) in [5.74, 6) is -1.07. The zero-order valence-corrected chi connectivity index (χ0v) is 19.5. The van der Waals surface area contributed by atoms with Crippen LogP contribution in [0.5, 0.6) is 0 Å². The molecule has 3 aromatic rings. The Bertz CT molecular complexity index is 1270. The van der Waals surface area contributed by atoms with E-state index < -0.39 is 6.04 Å². The van der Waals surface area contributed by atoms with Gasteiger partial charge in [0.05, 0.1) is 23.8 Å². The molecule has 0 radical (unpaired) electrons. The monoisotopic (exact) mass is 470 g/mol. The minimum absolute atomic E-state index is 0.0585. The summed E-state index contributed by atoms with van der Waals surface area (Å²) in [6.45, 7) is 3.31. The van der Waals surface area contributed by atoms with Gasteiger partial charge in [0.2, 0.25) is 17.7 Å². The molecule has 0 aromatic heterocycles. The largest absolute Gasteiger partial charge is 0.349 e. The molecule has 1 unspecified atom stereocenters. The first-order valence-electron chi connectivity index (χ1n) is 11.2. The van der Waals surface area contributed by atoms with Crippen LogP contribution in [0, 0.1) is 6.92 Å². The van der Waals surface area contributed by atoms with Crippen molar-refractivity contribution < 1.29 is 19.2 Å². The van der Waals surface area contributed by atoms with Crippen molar-refractivity contribution in [1.82, 2.24) is 5.32 Å². The zero-order chi connectivity index (χ0) is 24.9. The molecule has 8 nitrogen and oxygen atoms in total. The Kier molecular flexibility index (Phi) is 6.91. The van der Waals surface area contributed by atoms with E-state index >= 15 is 0 Å². The van der Waals surface area contributed by atoms with E-state index in [1.807, 2.05) is 31.2 Å². The van der Waals surface area contributed by atoms with Crippen molar-refractivity contribution in [3.8, 4) is 0 Å². The van der Waals surface area contributed by atoms with Crippen LogP contribution in [-0.2, 0) is 14.4 Å². The van der Waals surface area contributed by atoms with E-state index in [0.29, 0.717) is 22.6 Å². The van der Waals surface area contributed by atoms with Gasteiger partial charge in [0.1, 0.15) is 6.54 Å². The fourth-order valence-electron chi connectivity index (χ4n) is 3.96. The fraction of sp³-hybridized carbons (Fsp3) is 0.185. The number of fused-ring (bicyclic) bond motifs is 1. The summed E-state index contributed by atoms with van der Waals surface area (Å²) < 4.78 is 0. The van der Waals surface area contributed by atoms with Gasteiger partial charge < -0.3 is 16.0 Å². The van der Waals surface area contributed by atoms with Crippen LogP contribution in [-0.4, -0.2) is 30.2 Å². The molecule has 35 heavy (non-hydrogen) atoms. The van der Waals surface area contributed by atoms with Crippen molar-refractivity contribution in [2.24, 2.45) is 0 Å². The van der Waals surface area contributed by atoms with Crippen LogP contribution in [0.4, 0.5) is 17.1 Å². The molecule has 1 atom stereocenters. The molecule has 0 saturated heterocycles. The maximum atomic E-state index is 13.1. The minimum Gasteiger partial charge on any atom is -0.349 e. The van der Waals surface area contributed by atoms with E-state index in [4.69, 9.17) is 0 Å². The molecular weight excluding hydrogens is 444 g/mol. The molecule has 8 heteroatoms. The Morgan fingerprint density at radius 1 is 0.971 bits per heavy atom. The topological polar surface area (TPSA) is 108 Å². The lowest BCUT2D eigenvalue weighted by Gasteiger charge is -2.29. The zero-order valence-electron chi connectivity index (χ0n) is 19.5. The van der Waals surface area contributed by atoms with E-state index in [9.17, 15) is 19.2 Å². The lowest BCUT2D eigenvalue weighted by atomic mass is 10.0. The maximum Gasteiger partial charge on any atom is 0.258 e. The number of rotatable bonds is 6. The highest BCUT2D eigenvalue weighted by Gasteiger charge is 2.27. The summed E-state index contributed by atoms with van der Waals surface area (Å²) >= 11 is 0. The molecule has 4 amide bonds. The van der Waals surface area contributed by atoms with Crippen molar-refractivity contribution in [2.45, 2.75) is 26.3 Å². The normalized spacial score (nSPS) is 13.3. The predicted molar refractivity (Wildman–Crippen MR) is 134 cm³/mol. The highest BCUT2D eigenvalue weighted by Crippen LogP contribution is 2.30. The third-order valence-corrected chi connectivity index (χ3v) is 5.68. The molecule has 178 valence electrons. The summed E-state index contributed by atoms with van der Waals surface area (Å²) in [5.41, 5.74) is 4.06. The number of nitrogens with one attached hydrogen (secondary N) is 3. The van der Waals surface area contributed by atoms with E-state index in [-0.39, 0.29) is 36.6 Å². The number of benzene rings is 3. The van der Waals surface area contributed by atoms with Crippen molar-refractivity contribution >= 4 is 40.7 Å². The first-order valence-corrected chi connectivity index (χ1v) is 11.2. The molecule has 1 aliphatic rings. The Hall–Kier alpha value is -4.46. The summed E-state index contributed by atoms with van der Waals surface area (Å²) in [6, 6.07) is 20.8. The molecule has 4 rings (SSSR count). The van der Waals surface area contributed by atoms with Gasteiger partial charge in [-0.3, -0.25) is 24.1 Å². The SMILES string of the molecule is CC(=O)NC(CC(=O)Nc1ccc(C(=O)N2CC(=O)Nc3ccccc32)cc1)c1ccc(C)cc1. The fourth-order valence-corrected chi connectivity index (χ4v) is 3.96. The molecule has 3 aromatic carbocycles. The van der Waals surface area contributed by atoms with Gasteiger partial charge in [-0.1, -0.05) is 42.0 Å². The van der Waals surface area contributed by atoms with Crippen molar-refractivity contribution in [1.29, 1.82) is 0 Å². The van der Waals surface area contributed by atoms with E-state index in [0.717, 1.165) is 11.1 Å². The summed E-state index contributed by atoms with van der Waals surface area (Å²) in [5, 5.41) is 8.40. The number of anilines is 3. The average molecular weight is 471 g/mol. The highest BCUT2D eigenvalue weighted by molar-refractivity contribution is 6.15. The smallest absolute Gasteiger partial charge is 0.258 e. The van der Waals surface area contributed by atoms with Crippen LogP contribution in [0.1, 0.15) is 40.9 Å². The van der Waals surface area contributed by atoms with Crippen molar-refractivity contribution in [3.63, 3.8) is 0 Å². The summed E-state index contributed by atoms with van der Waals surface area (Å²) in [6.07, 6.45) is 0.0585. The van der Waals surface area contributed by atoms with Crippen molar-refractivity contribution in [3.05, 3.63) is 89.5 Å². The van der Waals surface area contributed by atoms with Crippen LogP contribution in [0.2, 0.25) is 0 Å². The molecule has 1 heterocycles. The third kappa shape index (κ3) is 5.73. The second kappa shape index (κ2) is 10.2. The molecule has 0 spiro atoms. The number of hydrogen-bond donors (Lipinski definition) is 3. The van der Waals surface area contributed by atoms with Crippen LogP contribution in [0.25, 0.3) is 0 Å². The predicted octanol–water partition coefficient (Wildman–Crippen LogP) is 3.80. The molecule has 3 N–H and O–H groups in total. The van der Waals surface area contributed by atoms with Crippen LogP contribution < -0.4 is 20.9 Å². The van der Waals surface area contributed by atoms with Gasteiger partial charge in [-0.15, -0.1) is 0 Å².